The van der Waals surface area contributed by atoms with Crippen LogP contribution in [-0.4, -0.2) is 48.9 Å². The predicted octanol–water partition coefficient (Wildman–Crippen LogP) is -0.157. The van der Waals surface area contributed by atoms with Crippen molar-refractivity contribution in [2.24, 2.45) is 11.8 Å². The number of carboxylic acids is 2. The summed E-state index contributed by atoms with van der Waals surface area (Å²) in [4.78, 5) is 43.1. The zero-order valence-electron chi connectivity index (χ0n) is 17.7. The number of ether oxygens (including phenoxy) is 2. The van der Waals surface area contributed by atoms with Crippen LogP contribution >= 0.6 is 0 Å². The largest absolute Gasteiger partial charge is 2.00 e. The number of ketones is 2. The number of carboxylic acid groups (broad SMARTS) is 2. The summed E-state index contributed by atoms with van der Waals surface area (Å²) in [7, 11) is 0. The summed E-state index contributed by atoms with van der Waals surface area (Å²) in [5.41, 5.74) is 1.55. The van der Waals surface area contributed by atoms with Gasteiger partial charge < -0.3 is 29.3 Å². The smallest absolute Gasteiger partial charge is 0.549 e. The molecule has 1 radical (unpaired) electrons. The van der Waals surface area contributed by atoms with Gasteiger partial charge in [0.1, 0.15) is 11.6 Å². The van der Waals surface area contributed by atoms with E-state index in [2.05, 4.69) is 13.2 Å². The van der Waals surface area contributed by atoms with Crippen LogP contribution in [0.4, 0.5) is 0 Å². The first-order chi connectivity index (χ1) is 12.7. The van der Waals surface area contributed by atoms with Gasteiger partial charge >= 0.3 is 17.1 Å². The number of hydrogen-bond donors (Lipinski definition) is 0. The number of hydrogen-bond acceptors (Lipinski definition) is 8. The Morgan fingerprint density at radius 3 is 1.10 bits per heavy atom. The minimum atomic E-state index is -1.40. The molecule has 9 heteroatoms. The molecule has 0 aliphatic heterocycles. The van der Waals surface area contributed by atoms with E-state index in [0.29, 0.717) is 0 Å². The van der Waals surface area contributed by atoms with Gasteiger partial charge in [-0.2, -0.15) is 0 Å². The van der Waals surface area contributed by atoms with E-state index in [1.165, 1.54) is 27.7 Å². The number of Topliss-reactive ketones (excluding diaryl/α,β-unsaturated/α-hetero) is 2. The third-order valence-electron chi connectivity index (χ3n) is 3.51. The zero-order chi connectivity index (χ0) is 22.6. The second-order valence-corrected chi connectivity index (χ2v) is 6.76. The van der Waals surface area contributed by atoms with Crippen molar-refractivity contribution in [3.05, 3.63) is 24.3 Å². The summed E-state index contributed by atoms with van der Waals surface area (Å²) in [6, 6.07) is 0. The molecule has 0 bridgehead atoms. The molecular weight excluding hydrogens is 432 g/mol. The first-order valence-corrected chi connectivity index (χ1v) is 8.66. The number of aliphatic carboxylic acids is 2. The van der Waals surface area contributed by atoms with Crippen molar-refractivity contribution in [1.82, 2.24) is 0 Å². The number of carbonyl (C=O) groups is 4. The molecule has 0 saturated carbocycles. The van der Waals surface area contributed by atoms with Gasteiger partial charge in [-0.05, 0) is 41.5 Å². The summed E-state index contributed by atoms with van der Waals surface area (Å²) >= 11 is 0. The maximum absolute atomic E-state index is 10.9. The fraction of sp³-hybridized carbons (Fsp3) is 0.600. The van der Waals surface area contributed by atoms with Crippen LogP contribution in [0.1, 0.15) is 41.5 Å². The van der Waals surface area contributed by atoms with Crippen molar-refractivity contribution in [2.75, 3.05) is 13.2 Å². The summed E-state index contributed by atoms with van der Waals surface area (Å²) in [5, 5.41) is 21.2. The topological polar surface area (TPSA) is 133 Å². The standard InChI is InChI=1S/2C10H16O4.Cu/c2*1-6(2)5-14-8(4)9(7(3)11)10(12)13;/h2*8-9H,1,5H2,2-4H3,(H,12,13);/q;;+2/p-2. The van der Waals surface area contributed by atoms with Crippen LogP contribution in [0.3, 0.4) is 0 Å². The van der Waals surface area contributed by atoms with Crippen LogP contribution in [0.15, 0.2) is 24.3 Å². The second-order valence-electron chi connectivity index (χ2n) is 6.76. The Morgan fingerprint density at radius 1 is 0.724 bits per heavy atom. The average molecular weight is 462 g/mol. The van der Waals surface area contributed by atoms with Gasteiger partial charge in [0, 0.05) is 0 Å². The molecule has 0 rings (SSSR count). The van der Waals surface area contributed by atoms with Gasteiger partial charge in [0.05, 0.1) is 49.2 Å². The fourth-order valence-corrected chi connectivity index (χ4v) is 2.12. The molecule has 29 heavy (non-hydrogen) atoms. The van der Waals surface area contributed by atoms with Crippen molar-refractivity contribution in [3.63, 3.8) is 0 Å². The predicted molar refractivity (Wildman–Crippen MR) is 98.8 cm³/mol. The van der Waals surface area contributed by atoms with Crippen LogP contribution in [0.25, 0.3) is 0 Å². The van der Waals surface area contributed by atoms with E-state index in [-0.39, 0.29) is 30.3 Å². The van der Waals surface area contributed by atoms with Crippen LogP contribution in [0.2, 0.25) is 0 Å². The monoisotopic (exact) mass is 461 g/mol. The Bertz CT molecular complexity index is 519. The molecular formula is C20H30CuO8. The molecule has 0 amide bonds. The Balaban J connectivity index is -0.000000451. The van der Waals surface area contributed by atoms with Crippen molar-refractivity contribution >= 4 is 23.5 Å². The Kier molecular flexibility index (Phi) is 17.6. The molecule has 8 nitrogen and oxygen atoms in total. The normalized spacial score (nSPS) is 14.0. The van der Waals surface area contributed by atoms with Crippen LogP contribution < -0.4 is 10.2 Å². The van der Waals surface area contributed by atoms with Gasteiger partial charge in [0.25, 0.3) is 0 Å². The summed E-state index contributed by atoms with van der Waals surface area (Å²) in [6.45, 7) is 16.7. The molecule has 0 aliphatic carbocycles. The molecule has 0 spiro atoms. The molecule has 0 fully saturated rings. The van der Waals surface area contributed by atoms with Crippen molar-refractivity contribution in [3.8, 4) is 0 Å². The molecule has 169 valence electrons. The number of carbonyl (C=O) groups excluding carboxylic acids is 4. The minimum absolute atomic E-state index is 0. The molecule has 0 heterocycles. The quantitative estimate of drug-likeness (QED) is 0.222. The molecule has 0 aliphatic rings. The first-order valence-electron chi connectivity index (χ1n) is 8.66. The second kappa shape index (κ2) is 16.0. The van der Waals surface area contributed by atoms with E-state index in [1.54, 1.807) is 13.8 Å². The fourth-order valence-electron chi connectivity index (χ4n) is 2.12. The number of rotatable bonds is 12. The van der Waals surface area contributed by atoms with Crippen LogP contribution in [0, 0.1) is 11.8 Å². The Hall–Kier alpha value is -1.80. The third-order valence-corrected chi connectivity index (χ3v) is 3.51. The molecule has 0 N–H and O–H groups in total. The summed E-state index contributed by atoms with van der Waals surface area (Å²) < 4.78 is 10.3. The van der Waals surface area contributed by atoms with Crippen LogP contribution in [0.5, 0.6) is 0 Å². The molecule has 0 aromatic heterocycles. The maximum atomic E-state index is 10.9. The van der Waals surface area contributed by atoms with Gasteiger partial charge in [-0.25, -0.2) is 0 Å². The SMILES string of the molecule is C=C(C)COC(C)C(C(C)=O)C(=O)[O-].C=C(C)COC(C)C(C(C)=O)C(=O)[O-].[Cu+2]. The van der Waals surface area contributed by atoms with Gasteiger partial charge in [-0.15, -0.1) is 0 Å². The van der Waals surface area contributed by atoms with Crippen molar-refractivity contribution in [2.45, 2.75) is 53.8 Å². The van der Waals surface area contributed by atoms with Gasteiger partial charge in [0.2, 0.25) is 0 Å². The van der Waals surface area contributed by atoms with E-state index in [1.807, 2.05) is 0 Å². The molecule has 0 aromatic rings. The average Bonchev–Trinajstić information content (AvgIpc) is 2.50. The first kappa shape index (κ1) is 31.9. The Morgan fingerprint density at radius 2 is 0.966 bits per heavy atom. The molecule has 0 saturated heterocycles. The van der Waals surface area contributed by atoms with E-state index in [9.17, 15) is 29.4 Å². The maximum Gasteiger partial charge on any atom is 2.00 e. The van der Waals surface area contributed by atoms with E-state index < -0.39 is 47.5 Å². The summed E-state index contributed by atoms with van der Waals surface area (Å²) in [5.74, 6) is -6.11. The van der Waals surface area contributed by atoms with Gasteiger partial charge in [0.15, 0.2) is 0 Å². The minimum Gasteiger partial charge on any atom is -0.549 e. The molecule has 4 atom stereocenters. The van der Waals surface area contributed by atoms with E-state index >= 15 is 0 Å². The van der Waals surface area contributed by atoms with Gasteiger partial charge in [-0.3, -0.25) is 9.59 Å². The Labute approximate surface area is 182 Å². The summed E-state index contributed by atoms with van der Waals surface area (Å²) in [6.07, 6.45) is -1.37. The van der Waals surface area contributed by atoms with E-state index in [0.717, 1.165) is 11.1 Å². The van der Waals surface area contributed by atoms with Crippen molar-refractivity contribution in [1.29, 1.82) is 0 Å². The zero-order valence-corrected chi connectivity index (χ0v) is 18.6. The molecule has 0 aromatic carbocycles. The van der Waals surface area contributed by atoms with E-state index in [4.69, 9.17) is 9.47 Å². The van der Waals surface area contributed by atoms with Crippen molar-refractivity contribution < 1.29 is 55.9 Å². The van der Waals surface area contributed by atoms with Crippen LogP contribution in [-0.2, 0) is 45.7 Å². The third kappa shape index (κ3) is 14.8. The van der Waals surface area contributed by atoms with Gasteiger partial charge in [-0.1, -0.05) is 24.3 Å². The molecule has 4 unspecified atom stereocenters.